The van der Waals surface area contributed by atoms with E-state index in [2.05, 4.69) is 21.0 Å². The monoisotopic (exact) mass is 232 g/mol. The van der Waals surface area contributed by atoms with Crippen molar-refractivity contribution in [2.75, 3.05) is 7.11 Å². The molecule has 0 spiro atoms. The maximum Gasteiger partial charge on any atom is 0.244 e. The van der Waals surface area contributed by atoms with E-state index < -0.39 is 0 Å². The van der Waals surface area contributed by atoms with Crippen LogP contribution < -0.4 is 4.74 Å². The molecule has 1 heterocycles. The fraction of sp³-hybridized carbons (Fsp3) is 0.429. The second-order valence-corrected chi connectivity index (χ2v) is 3.11. The van der Waals surface area contributed by atoms with E-state index in [1.54, 1.807) is 11.7 Å². The van der Waals surface area contributed by atoms with Crippen molar-refractivity contribution < 1.29 is 9.53 Å². The highest BCUT2D eigenvalue weighted by Gasteiger charge is 2.18. The highest BCUT2D eigenvalue weighted by Crippen LogP contribution is 2.25. The molecule has 0 aliphatic carbocycles. The van der Waals surface area contributed by atoms with Crippen molar-refractivity contribution in [1.82, 2.24) is 9.78 Å². The van der Waals surface area contributed by atoms with E-state index in [9.17, 15) is 4.79 Å². The molecule has 12 heavy (non-hydrogen) atoms. The highest BCUT2D eigenvalue weighted by atomic mass is 79.9. The van der Waals surface area contributed by atoms with Gasteiger partial charge >= 0.3 is 0 Å². The zero-order valence-electron chi connectivity index (χ0n) is 7.09. The number of hydrogen-bond acceptors (Lipinski definition) is 3. The van der Waals surface area contributed by atoms with Crippen molar-refractivity contribution in [2.45, 2.75) is 6.92 Å². The summed E-state index contributed by atoms with van der Waals surface area (Å²) >= 11 is 3.24. The molecule has 0 atom stereocenters. The third kappa shape index (κ3) is 1.36. The van der Waals surface area contributed by atoms with Crippen LogP contribution in [0.1, 0.15) is 17.3 Å². The zero-order valence-corrected chi connectivity index (χ0v) is 8.67. The molecular formula is C7H9BrN2O2. The molecule has 0 bridgehead atoms. The normalized spacial score (nSPS) is 10.0. The molecular weight excluding hydrogens is 224 g/mol. The number of carbonyl (C=O) groups excluding carboxylic acids is 1. The van der Waals surface area contributed by atoms with Crippen molar-refractivity contribution in [1.29, 1.82) is 0 Å². The third-order valence-electron chi connectivity index (χ3n) is 1.49. The van der Waals surface area contributed by atoms with Crippen LogP contribution >= 0.6 is 15.9 Å². The van der Waals surface area contributed by atoms with Crippen molar-refractivity contribution in [3.8, 4) is 5.88 Å². The van der Waals surface area contributed by atoms with E-state index in [-0.39, 0.29) is 5.78 Å². The van der Waals surface area contributed by atoms with E-state index in [1.807, 2.05) is 0 Å². The van der Waals surface area contributed by atoms with Crippen molar-refractivity contribution in [3.63, 3.8) is 0 Å². The van der Waals surface area contributed by atoms with Crippen LogP contribution in [0.2, 0.25) is 0 Å². The highest BCUT2D eigenvalue weighted by molar-refractivity contribution is 9.10. The molecule has 1 aromatic rings. The van der Waals surface area contributed by atoms with Gasteiger partial charge in [0, 0.05) is 7.05 Å². The summed E-state index contributed by atoms with van der Waals surface area (Å²) in [6.45, 7) is 1.48. The molecule has 5 heteroatoms. The minimum Gasteiger partial charge on any atom is -0.479 e. The summed E-state index contributed by atoms with van der Waals surface area (Å²) in [5, 5.41) is 3.98. The maximum absolute atomic E-state index is 11.1. The van der Waals surface area contributed by atoms with Crippen LogP contribution in [-0.2, 0) is 7.05 Å². The Labute approximate surface area is 78.6 Å². The Hall–Kier alpha value is -0.840. The molecule has 0 unspecified atom stereocenters. The molecule has 0 N–H and O–H groups in total. The first-order valence-corrected chi connectivity index (χ1v) is 4.14. The van der Waals surface area contributed by atoms with Crippen LogP contribution in [0.3, 0.4) is 0 Å². The number of ketones is 1. The van der Waals surface area contributed by atoms with E-state index in [0.29, 0.717) is 16.0 Å². The summed E-state index contributed by atoms with van der Waals surface area (Å²) in [6, 6.07) is 0. The van der Waals surface area contributed by atoms with Crippen LogP contribution in [0.4, 0.5) is 0 Å². The van der Waals surface area contributed by atoms with Crippen molar-refractivity contribution in [3.05, 3.63) is 10.2 Å². The Morgan fingerprint density at radius 2 is 2.25 bits per heavy atom. The topological polar surface area (TPSA) is 44.1 Å². The Morgan fingerprint density at radius 1 is 1.67 bits per heavy atom. The molecule has 0 saturated heterocycles. The molecule has 4 nitrogen and oxygen atoms in total. The lowest BCUT2D eigenvalue weighted by Gasteiger charge is -1.94. The number of aryl methyl sites for hydroxylation is 1. The van der Waals surface area contributed by atoms with Gasteiger partial charge in [-0.25, -0.2) is 0 Å². The molecule has 1 aromatic heterocycles. The number of ether oxygens (including phenoxy) is 1. The lowest BCUT2D eigenvalue weighted by molar-refractivity contribution is 0.101. The van der Waals surface area contributed by atoms with E-state index in [1.165, 1.54) is 14.0 Å². The molecule has 0 amide bonds. The number of nitrogens with zero attached hydrogens (tertiary/aromatic N) is 2. The van der Waals surface area contributed by atoms with Crippen LogP contribution in [0.25, 0.3) is 0 Å². The molecule has 66 valence electrons. The number of carbonyl (C=O) groups is 1. The first kappa shape index (κ1) is 9.25. The van der Waals surface area contributed by atoms with Crippen LogP contribution in [0.5, 0.6) is 5.88 Å². The van der Waals surface area contributed by atoms with Gasteiger partial charge in [-0.05, 0) is 22.9 Å². The first-order chi connectivity index (χ1) is 5.57. The van der Waals surface area contributed by atoms with Gasteiger partial charge in [0.25, 0.3) is 0 Å². The predicted molar refractivity (Wildman–Crippen MR) is 47.5 cm³/mol. The van der Waals surface area contributed by atoms with E-state index >= 15 is 0 Å². The van der Waals surface area contributed by atoms with Gasteiger partial charge in [-0.2, -0.15) is 0 Å². The third-order valence-corrected chi connectivity index (χ3v) is 2.40. The van der Waals surface area contributed by atoms with Crippen LogP contribution in [0.15, 0.2) is 4.60 Å². The predicted octanol–water partition coefficient (Wildman–Crippen LogP) is 1.39. The molecule has 0 fully saturated rings. The number of aromatic nitrogens is 2. The Bertz CT molecular complexity index is 319. The number of rotatable bonds is 2. The molecule has 1 rings (SSSR count). The summed E-state index contributed by atoms with van der Waals surface area (Å²) in [5.41, 5.74) is 0.486. The number of methoxy groups -OCH3 is 1. The second-order valence-electron chi connectivity index (χ2n) is 2.35. The Balaban J connectivity index is 3.31. The van der Waals surface area contributed by atoms with Gasteiger partial charge in [-0.3, -0.25) is 9.48 Å². The van der Waals surface area contributed by atoms with Crippen LogP contribution in [-0.4, -0.2) is 22.7 Å². The van der Waals surface area contributed by atoms with Gasteiger partial charge < -0.3 is 4.74 Å². The second kappa shape index (κ2) is 3.26. The molecule has 0 aliphatic rings. The lowest BCUT2D eigenvalue weighted by Crippen LogP contribution is -1.95. The zero-order chi connectivity index (χ0) is 9.30. The van der Waals surface area contributed by atoms with Gasteiger partial charge in [0.15, 0.2) is 5.78 Å². The number of hydrogen-bond donors (Lipinski definition) is 0. The van der Waals surface area contributed by atoms with Crippen LogP contribution in [0, 0.1) is 0 Å². The number of Topliss-reactive ketones (excluding diaryl/α,β-unsaturated/α-hetero) is 1. The summed E-state index contributed by atoms with van der Waals surface area (Å²) in [6.07, 6.45) is 0. The summed E-state index contributed by atoms with van der Waals surface area (Å²) in [7, 11) is 3.22. The fourth-order valence-corrected chi connectivity index (χ4v) is 1.45. The Kier molecular flexibility index (Phi) is 2.52. The van der Waals surface area contributed by atoms with Gasteiger partial charge in [-0.15, -0.1) is 5.10 Å². The summed E-state index contributed by atoms with van der Waals surface area (Å²) in [5.74, 6) is 0.295. The standard InChI is InChI=1S/C7H9BrN2O2/c1-4(11)5-6(8)10(2)9-7(5)12-3/h1-3H3. The van der Waals surface area contributed by atoms with Crippen molar-refractivity contribution >= 4 is 21.7 Å². The minimum absolute atomic E-state index is 0.0631. The summed E-state index contributed by atoms with van der Waals surface area (Å²) in [4.78, 5) is 11.1. The van der Waals surface area contributed by atoms with Gasteiger partial charge in [0.05, 0.1) is 7.11 Å². The SMILES string of the molecule is COc1nn(C)c(Br)c1C(C)=O. The maximum atomic E-state index is 11.1. The van der Waals surface area contributed by atoms with Gasteiger partial charge in [0.2, 0.25) is 5.88 Å². The molecule has 0 saturated carbocycles. The molecule has 0 aliphatic heterocycles. The smallest absolute Gasteiger partial charge is 0.244 e. The average molecular weight is 233 g/mol. The van der Waals surface area contributed by atoms with Gasteiger partial charge in [0.1, 0.15) is 10.2 Å². The minimum atomic E-state index is -0.0631. The number of halogens is 1. The molecule has 0 aromatic carbocycles. The average Bonchev–Trinajstić information content (AvgIpc) is 2.28. The quantitative estimate of drug-likeness (QED) is 0.725. The molecule has 0 radical (unpaired) electrons. The summed E-state index contributed by atoms with van der Waals surface area (Å²) < 4.78 is 7.12. The first-order valence-electron chi connectivity index (χ1n) is 3.35. The lowest BCUT2D eigenvalue weighted by atomic mass is 10.2. The van der Waals surface area contributed by atoms with E-state index in [4.69, 9.17) is 4.74 Å². The van der Waals surface area contributed by atoms with Gasteiger partial charge in [-0.1, -0.05) is 0 Å². The largest absolute Gasteiger partial charge is 0.479 e. The van der Waals surface area contributed by atoms with Crippen molar-refractivity contribution in [2.24, 2.45) is 7.05 Å². The van der Waals surface area contributed by atoms with E-state index in [0.717, 1.165) is 0 Å². The fourth-order valence-electron chi connectivity index (χ4n) is 0.919. The Morgan fingerprint density at radius 3 is 2.58 bits per heavy atom.